The predicted octanol–water partition coefficient (Wildman–Crippen LogP) is 3.81. The molecule has 3 aromatic rings. The molecule has 2 unspecified atom stereocenters. The number of carbonyl (C=O) groups excluding carboxylic acids is 1. The molecular weight excluding hydrogens is 597 g/mol. The fraction of sp³-hybridized carbons (Fsp3) is 0.414. The molecule has 5 rings (SSSR count). The van der Waals surface area contributed by atoms with E-state index >= 15 is 0 Å². The molecule has 1 fully saturated rings. The van der Waals surface area contributed by atoms with Crippen molar-refractivity contribution in [2.75, 3.05) is 51.2 Å². The van der Waals surface area contributed by atoms with Crippen molar-refractivity contribution in [1.82, 2.24) is 24.5 Å². The molecule has 0 spiro atoms. The molecule has 0 saturated carbocycles. The molecule has 3 N–H and O–H groups in total. The van der Waals surface area contributed by atoms with Crippen LogP contribution in [-0.2, 0) is 16.4 Å². The molecule has 1 aliphatic heterocycles. The topological polar surface area (TPSA) is 129 Å². The molecule has 230 valence electrons. The highest BCUT2D eigenvalue weighted by Gasteiger charge is 2.39. The number of carbonyl (C=O) groups is 1. The minimum absolute atomic E-state index is 0.0397. The van der Waals surface area contributed by atoms with E-state index in [2.05, 4.69) is 30.8 Å². The number of rotatable bonds is 9. The molecule has 0 radical (unpaired) electrons. The van der Waals surface area contributed by atoms with Gasteiger partial charge in [-0.15, -0.1) is 0 Å². The third kappa shape index (κ3) is 6.85. The molecule has 1 saturated heterocycles. The van der Waals surface area contributed by atoms with Crippen molar-refractivity contribution in [3.8, 4) is 5.75 Å². The van der Waals surface area contributed by atoms with Crippen molar-refractivity contribution >= 4 is 45.0 Å². The Morgan fingerprint density at radius 1 is 1.21 bits per heavy atom. The van der Waals surface area contributed by atoms with E-state index in [-0.39, 0.29) is 45.9 Å². The van der Waals surface area contributed by atoms with E-state index in [1.165, 1.54) is 29.9 Å². The van der Waals surface area contributed by atoms with Crippen LogP contribution in [0.15, 0.2) is 42.6 Å². The van der Waals surface area contributed by atoms with Gasteiger partial charge in [-0.1, -0.05) is 35.9 Å². The molecular formula is C29H35ClFN7O4S. The van der Waals surface area contributed by atoms with Gasteiger partial charge in [0, 0.05) is 19.2 Å². The lowest BCUT2D eigenvalue weighted by atomic mass is 10.0. The van der Waals surface area contributed by atoms with Crippen LogP contribution >= 0.6 is 11.6 Å². The minimum atomic E-state index is -3.51. The summed E-state index contributed by atoms with van der Waals surface area (Å²) in [6, 6.07) is 9.29. The first-order chi connectivity index (χ1) is 20.4. The second-order valence-electron chi connectivity index (χ2n) is 11.0. The summed E-state index contributed by atoms with van der Waals surface area (Å²) in [5.41, 5.74) is 2.07. The molecule has 1 aliphatic carbocycles. The van der Waals surface area contributed by atoms with Crippen LogP contribution in [0.4, 0.5) is 21.8 Å². The van der Waals surface area contributed by atoms with Gasteiger partial charge in [0.15, 0.2) is 5.82 Å². The largest absolute Gasteiger partial charge is 0.494 e. The van der Waals surface area contributed by atoms with Crippen LogP contribution in [0.5, 0.6) is 5.75 Å². The van der Waals surface area contributed by atoms with Crippen LogP contribution in [0.2, 0.25) is 5.02 Å². The SMILES string of the molecule is COc1cc(F)c(C(=O)NC2CCN(C)CC2)cc1Nc1ncc(Cl)c(NC2Cc3ccccc3C2N(C)S(C)(=O)=O)n1. The smallest absolute Gasteiger partial charge is 0.254 e. The van der Waals surface area contributed by atoms with E-state index in [4.69, 9.17) is 16.3 Å². The van der Waals surface area contributed by atoms with Crippen LogP contribution in [0, 0.1) is 5.82 Å². The number of methoxy groups -OCH3 is 1. The molecule has 11 nitrogen and oxygen atoms in total. The van der Waals surface area contributed by atoms with Crippen molar-refractivity contribution in [2.24, 2.45) is 0 Å². The van der Waals surface area contributed by atoms with Crippen molar-refractivity contribution in [3.63, 3.8) is 0 Å². The summed E-state index contributed by atoms with van der Waals surface area (Å²) in [5, 5.41) is 9.49. The van der Waals surface area contributed by atoms with Gasteiger partial charge in [0.1, 0.15) is 16.6 Å². The number of nitrogens with zero attached hydrogens (tertiary/aromatic N) is 4. The van der Waals surface area contributed by atoms with Crippen LogP contribution in [-0.4, -0.2) is 86.1 Å². The Morgan fingerprint density at radius 3 is 2.63 bits per heavy atom. The average Bonchev–Trinajstić information content (AvgIpc) is 3.33. The van der Waals surface area contributed by atoms with Gasteiger partial charge in [-0.3, -0.25) is 4.79 Å². The van der Waals surface area contributed by atoms with Gasteiger partial charge in [0.25, 0.3) is 5.91 Å². The lowest BCUT2D eigenvalue weighted by molar-refractivity contribution is 0.0912. The number of hydrogen-bond donors (Lipinski definition) is 3. The van der Waals surface area contributed by atoms with Gasteiger partial charge in [0.2, 0.25) is 16.0 Å². The van der Waals surface area contributed by atoms with Crippen molar-refractivity contribution in [2.45, 2.75) is 37.4 Å². The lowest BCUT2D eigenvalue weighted by Crippen LogP contribution is -2.43. The Balaban J connectivity index is 1.39. The normalized spacial score (nSPS) is 19.2. The number of likely N-dealkylation sites (tertiary alicyclic amines) is 1. The quantitative estimate of drug-likeness (QED) is 0.323. The summed E-state index contributed by atoms with van der Waals surface area (Å²) in [6.45, 7) is 1.71. The van der Waals surface area contributed by atoms with E-state index in [0.717, 1.165) is 43.1 Å². The number of likely N-dealkylation sites (N-methyl/N-ethyl adjacent to an activating group) is 1. The highest BCUT2D eigenvalue weighted by molar-refractivity contribution is 7.88. The van der Waals surface area contributed by atoms with E-state index in [0.29, 0.717) is 6.42 Å². The zero-order valence-corrected chi connectivity index (χ0v) is 26.0. The number of ether oxygens (including phenoxy) is 1. The Hall–Kier alpha value is -3.52. The molecule has 1 amide bonds. The van der Waals surface area contributed by atoms with E-state index in [1.807, 2.05) is 31.3 Å². The number of anilines is 3. The van der Waals surface area contributed by atoms with E-state index in [1.54, 1.807) is 7.05 Å². The zero-order chi connectivity index (χ0) is 30.9. The number of piperidine rings is 1. The van der Waals surface area contributed by atoms with Gasteiger partial charge in [-0.25, -0.2) is 17.8 Å². The highest BCUT2D eigenvalue weighted by Crippen LogP contribution is 2.39. The van der Waals surface area contributed by atoms with Gasteiger partial charge in [-0.2, -0.15) is 9.29 Å². The summed E-state index contributed by atoms with van der Waals surface area (Å²) in [5.74, 6) is -0.678. The first-order valence-electron chi connectivity index (χ1n) is 13.9. The van der Waals surface area contributed by atoms with Crippen molar-refractivity contribution in [1.29, 1.82) is 0 Å². The summed E-state index contributed by atoms with van der Waals surface area (Å²) >= 11 is 6.48. The Bertz CT molecular complexity index is 1620. The second kappa shape index (κ2) is 12.6. The number of amides is 1. The fourth-order valence-electron chi connectivity index (χ4n) is 5.60. The second-order valence-corrected chi connectivity index (χ2v) is 13.4. The maximum atomic E-state index is 15.0. The van der Waals surface area contributed by atoms with Gasteiger partial charge in [-0.05, 0) is 56.6 Å². The third-order valence-electron chi connectivity index (χ3n) is 8.01. The zero-order valence-electron chi connectivity index (χ0n) is 24.4. The number of hydrogen-bond acceptors (Lipinski definition) is 9. The van der Waals surface area contributed by atoms with Crippen LogP contribution in [0.25, 0.3) is 0 Å². The molecule has 2 atom stereocenters. The summed E-state index contributed by atoms with van der Waals surface area (Å²) < 4.78 is 46.7. The number of nitrogens with one attached hydrogen (secondary N) is 3. The molecule has 2 aromatic carbocycles. The molecule has 43 heavy (non-hydrogen) atoms. The number of fused-ring (bicyclic) bond motifs is 1. The van der Waals surface area contributed by atoms with Crippen LogP contribution in [0.1, 0.15) is 40.4 Å². The van der Waals surface area contributed by atoms with Crippen molar-refractivity contribution < 1.29 is 22.3 Å². The third-order valence-corrected chi connectivity index (χ3v) is 9.56. The van der Waals surface area contributed by atoms with Crippen molar-refractivity contribution in [3.05, 3.63) is 70.1 Å². The molecule has 0 bridgehead atoms. The van der Waals surface area contributed by atoms with E-state index < -0.39 is 27.8 Å². The molecule has 14 heteroatoms. The lowest BCUT2D eigenvalue weighted by Gasteiger charge is -2.29. The maximum absolute atomic E-state index is 15.0. The highest BCUT2D eigenvalue weighted by atomic mass is 35.5. The predicted molar refractivity (Wildman–Crippen MR) is 164 cm³/mol. The standard InChI is InChI=1S/C29H35ClFN7O4S/c1-37-11-9-18(10-12-37)33-28(39)20-14-23(25(42-3)15-22(20)31)35-29-32-16-21(30)27(36-29)34-24-13-17-7-5-6-8-19(17)26(24)38(2)43(4,40)41/h5-8,14-16,18,24,26H,9-13H2,1-4H3,(H,33,39)(H2,32,34,35,36). The number of halogens is 2. The summed E-state index contributed by atoms with van der Waals surface area (Å²) in [7, 11) is 1.46. The van der Waals surface area contributed by atoms with Crippen LogP contribution in [0.3, 0.4) is 0 Å². The van der Waals surface area contributed by atoms with Crippen LogP contribution < -0.4 is 20.7 Å². The van der Waals surface area contributed by atoms with Gasteiger partial charge in [0.05, 0.1) is 42.9 Å². The first kappa shape index (κ1) is 30.9. The summed E-state index contributed by atoms with van der Waals surface area (Å²) in [4.78, 5) is 24.0. The number of sulfonamides is 1. The molecule has 2 heterocycles. The number of aromatic nitrogens is 2. The monoisotopic (exact) mass is 631 g/mol. The average molecular weight is 632 g/mol. The minimum Gasteiger partial charge on any atom is -0.494 e. The molecule has 1 aromatic heterocycles. The molecule has 2 aliphatic rings. The fourth-order valence-corrected chi connectivity index (χ4v) is 6.41. The Labute approximate surface area is 255 Å². The van der Waals surface area contributed by atoms with Gasteiger partial charge >= 0.3 is 0 Å². The summed E-state index contributed by atoms with van der Waals surface area (Å²) in [6.07, 6.45) is 4.69. The first-order valence-corrected chi connectivity index (χ1v) is 16.1. The maximum Gasteiger partial charge on any atom is 0.254 e. The Morgan fingerprint density at radius 2 is 1.93 bits per heavy atom. The van der Waals surface area contributed by atoms with Gasteiger partial charge < -0.3 is 25.6 Å². The van der Waals surface area contributed by atoms with E-state index in [9.17, 15) is 17.6 Å². The Kier molecular flexibility index (Phi) is 9.07. The number of benzene rings is 2.